The van der Waals surface area contributed by atoms with Gasteiger partial charge in [0.15, 0.2) is 0 Å². The molecule has 1 aromatic carbocycles. The topological polar surface area (TPSA) is 55.6 Å². The second-order valence-electron chi connectivity index (χ2n) is 6.17. The molecule has 0 unspecified atom stereocenters. The molecule has 2 aromatic heterocycles. The van der Waals surface area contributed by atoms with Gasteiger partial charge in [-0.1, -0.05) is 18.2 Å². The monoisotopic (exact) mass is 337 g/mol. The molecule has 1 N–H and O–H groups in total. The number of pyridine rings is 1. The van der Waals surface area contributed by atoms with E-state index in [9.17, 15) is 4.79 Å². The summed E-state index contributed by atoms with van der Waals surface area (Å²) in [6.07, 6.45) is 5.02. The summed E-state index contributed by atoms with van der Waals surface area (Å²) in [5.41, 5.74) is 4.12. The van der Waals surface area contributed by atoms with Crippen molar-refractivity contribution in [1.29, 1.82) is 0 Å². The minimum Gasteiger partial charge on any atom is -0.493 e. The standard InChI is InChI=1S/C20H23N3O2/c1-15-6-7-16(2)18(13-15)25-12-9-20(24)21-10-8-17-14-23-11-4-3-5-19(23)22-17/h3-7,11,13-14H,8-10,12H2,1-2H3,(H,21,24). The van der Waals surface area contributed by atoms with E-state index < -0.39 is 0 Å². The summed E-state index contributed by atoms with van der Waals surface area (Å²) < 4.78 is 7.70. The van der Waals surface area contributed by atoms with E-state index in [1.54, 1.807) is 0 Å². The quantitative estimate of drug-likeness (QED) is 0.721. The zero-order valence-electron chi connectivity index (χ0n) is 14.7. The van der Waals surface area contributed by atoms with Crippen LogP contribution >= 0.6 is 0 Å². The SMILES string of the molecule is Cc1ccc(C)c(OCCC(=O)NCCc2cn3ccccc3n2)c1. The van der Waals surface area contributed by atoms with Crippen molar-refractivity contribution in [3.8, 4) is 5.75 Å². The van der Waals surface area contributed by atoms with Crippen molar-refractivity contribution in [2.75, 3.05) is 13.2 Å². The molecule has 0 aliphatic carbocycles. The van der Waals surface area contributed by atoms with Gasteiger partial charge in [0.25, 0.3) is 0 Å². The number of aryl methyl sites for hydroxylation is 2. The zero-order valence-corrected chi connectivity index (χ0v) is 14.7. The first-order valence-electron chi connectivity index (χ1n) is 8.51. The molecule has 3 rings (SSSR count). The van der Waals surface area contributed by atoms with Crippen LogP contribution in [0, 0.1) is 13.8 Å². The molecule has 0 spiro atoms. The smallest absolute Gasteiger partial charge is 0.223 e. The van der Waals surface area contributed by atoms with Crippen LogP contribution in [0.3, 0.4) is 0 Å². The number of benzene rings is 1. The first kappa shape index (κ1) is 17.0. The van der Waals surface area contributed by atoms with E-state index in [1.807, 2.05) is 67.0 Å². The Kier molecular flexibility index (Phi) is 5.33. The van der Waals surface area contributed by atoms with Crippen LogP contribution in [0.5, 0.6) is 5.75 Å². The van der Waals surface area contributed by atoms with E-state index in [2.05, 4.69) is 10.3 Å². The third-order valence-corrected chi connectivity index (χ3v) is 4.05. The van der Waals surface area contributed by atoms with Crippen molar-refractivity contribution in [1.82, 2.24) is 14.7 Å². The number of hydrogen-bond acceptors (Lipinski definition) is 3. The van der Waals surface area contributed by atoms with E-state index in [1.165, 1.54) is 0 Å². The van der Waals surface area contributed by atoms with Gasteiger partial charge >= 0.3 is 0 Å². The van der Waals surface area contributed by atoms with Gasteiger partial charge in [0.1, 0.15) is 11.4 Å². The van der Waals surface area contributed by atoms with Gasteiger partial charge in [-0.25, -0.2) is 4.98 Å². The number of hydrogen-bond donors (Lipinski definition) is 1. The summed E-state index contributed by atoms with van der Waals surface area (Å²) in [5.74, 6) is 0.839. The lowest BCUT2D eigenvalue weighted by molar-refractivity contribution is -0.121. The van der Waals surface area contributed by atoms with Crippen LogP contribution in [-0.2, 0) is 11.2 Å². The summed E-state index contributed by atoms with van der Waals surface area (Å²) in [4.78, 5) is 16.4. The van der Waals surface area contributed by atoms with Gasteiger partial charge in [-0.15, -0.1) is 0 Å². The summed E-state index contributed by atoms with van der Waals surface area (Å²) in [5, 5.41) is 2.92. The maximum absolute atomic E-state index is 11.9. The highest BCUT2D eigenvalue weighted by Gasteiger charge is 2.05. The highest BCUT2D eigenvalue weighted by Crippen LogP contribution is 2.19. The van der Waals surface area contributed by atoms with E-state index in [0.717, 1.165) is 28.2 Å². The van der Waals surface area contributed by atoms with Gasteiger partial charge in [0.2, 0.25) is 5.91 Å². The van der Waals surface area contributed by atoms with Crippen molar-refractivity contribution in [3.63, 3.8) is 0 Å². The maximum Gasteiger partial charge on any atom is 0.223 e. The molecule has 1 amide bonds. The van der Waals surface area contributed by atoms with Crippen molar-refractivity contribution in [2.45, 2.75) is 26.7 Å². The molecular formula is C20H23N3O2. The average Bonchev–Trinajstić information content (AvgIpc) is 3.00. The lowest BCUT2D eigenvalue weighted by Gasteiger charge is -2.10. The molecule has 0 aliphatic heterocycles. The summed E-state index contributed by atoms with van der Waals surface area (Å²) in [7, 11) is 0. The second-order valence-corrected chi connectivity index (χ2v) is 6.17. The molecule has 3 aromatic rings. The molecule has 5 nitrogen and oxygen atoms in total. The molecule has 0 aliphatic rings. The van der Waals surface area contributed by atoms with Crippen LogP contribution in [-0.4, -0.2) is 28.4 Å². The zero-order chi connectivity index (χ0) is 17.6. The molecule has 0 saturated carbocycles. The van der Waals surface area contributed by atoms with Crippen molar-refractivity contribution < 1.29 is 9.53 Å². The summed E-state index contributed by atoms with van der Waals surface area (Å²) in [6.45, 7) is 4.98. The minimum atomic E-state index is -0.00549. The van der Waals surface area contributed by atoms with Crippen molar-refractivity contribution >= 4 is 11.6 Å². The van der Waals surface area contributed by atoms with Crippen LogP contribution in [0.25, 0.3) is 5.65 Å². The van der Waals surface area contributed by atoms with Crippen molar-refractivity contribution in [3.05, 3.63) is 65.6 Å². The Morgan fingerprint density at radius 3 is 2.96 bits per heavy atom. The van der Waals surface area contributed by atoms with Gasteiger partial charge in [-0.05, 0) is 43.2 Å². The lowest BCUT2D eigenvalue weighted by Crippen LogP contribution is -2.27. The molecule has 0 atom stereocenters. The Hall–Kier alpha value is -2.82. The van der Waals surface area contributed by atoms with Gasteiger partial charge < -0.3 is 14.5 Å². The lowest BCUT2D eigenvalue weighted by atomic mass is 10.1. The molecule has 0 bridgehead atoms. The molecule has 130 valence electrons. The van der Waals surface area contributed by atoms with Crippen LogP contribution in [0.15, 0.2) is 48.8 Å². The number of carbonyl (C=O) groups is 1. The molecule has 25 heavy (non-hydrogen) atoms. The third kappa shape index (κ3) is 4.59. The normalized spacial score (nSPS) is 10.8. The second kappa shape index (κ2) is 7.83. The number of aromatic nitrogens is 2. The highest BCUT2D eigenvalue weighted by molar-refractivity contribution is 5.76. The van der Waals surface area contributed by atoms with E-state index in [0.29, 0.717) is 26.0 Å². The number of ether oxygens (including phenoxy) is 1. The Morgan fingerprint density at radius 2 is 2.12 bits per heavy atom. The Balaban J connectivity index is 1.40. The molecule has 2 heterocycles. The Labute approximate surface area is 147 Å². The largest absolute Gasteiger partial charge is 0.493 e. The maximum atomic E-state index is 11.9. The van der Waals surface area contributed by atoms with E-state index >= 15 is 0 Å². The molecule has 0 fully saturated rings. The van der Waals surface area contributed by atoms with Crippen LogP contribution in [0.2, 0.25) is 0 Å². The molecular weight excluding hydrogens is 314 g/mol. The van der Waals surface area contributed by atoms with E-state index in [4.69, 9.17) is 4.74 Å². The minimum absolute atomic E-state index is 0.00549. The third-order valence-electron chi connectivity index (χ3n) is 4.05. The van der Waals surface area contributed by atoms with Gasteiger partial charge in [0, 0.05) is 25.4 Å². The van der Waals surface area contributed by atoms with Gasteiger partial charge in [-0.3, -0.25) is 4.79 Å². The van der Waals surface area contributed by atoms with Gasteiger partial charge in [0.05, 0.1) is 18.7 Å². The van der Waals surface area contributed by atoms with Crippen LogP contribution in [0.1, 0.15) is 23.2 Å². The number of amides is 1. The van der Waals surface area contributed by atoms with Gasteiger partial charge in [-0.2, -0.15) is 0 Å². The number of fused-ring (bicyclic) bond motifs is 1. The first-order chi connectivity index (χ1) is 12.1. The predicted octanol–water partition coefficient (Wildman–Crippen LogP) is 3.08. The fraction of sp³-hybridized carbons (Fsp3) is 0.300. The Bertz CT molecular complexity index is 837. The fourth-order valence-corrected chi connectivity index (χ4v) is 2.64. The van der Waals surface area contributed by atoms with Crippen LogP contribution < -0.4 is 10.1 Å². The number of nitrogens with one attached hydrogen (secondary N) is 1. The van der Waals surface area contributed by atoms with Crippen LogP contribution in [0.4, 0.5) is 0 Å². The Morgan fingerprint density at radius 1 is 1.24 bits per heavy atom. The fourth-order valence-electron chi connectivity index (χ4n) is 2.64. The molecule has 0 saturated heterocycles. The number of nitrogens with zero attached hydrogens (tertiary/aromatic N) is 2. The molecule has 0 radical (unpaired) electrons. The van der Waals surface area contributed by atoms with Crippen molar-refractivity contribution in [2.24, 2.45) is 0 Å². The summed E-state index contributed by atoms with van der Waals surface area (Å²) in [6, 6.07) is 12.0. The average molecular weight is 337 g/mol. The predicted molar refractivity (Wildman–Crippen MR) is 97.9 cm³/mol. The highest BCUT2D eigenvalue weighted by atomic mass is 16.5. The number of carbonyl (C=O) groups excluding carboxylic acids is 1. The first-order valence-corrected chi connectivity index (χ1v) is 8.51. The number of imidazole rings is 1. The summed E-state index contributed by atoms with van der Waals surface area (Å²) >= 11 is 0. The molecule has 5 heteroatoms. The van der Waals surface area contributed by atoms with E-state index in [-0.39, 0.29) is 5.91 Å². The number of rotatable bonds is 7.